The summed E-state index contributed by atoms with van der Waals surface area (Å²) in [6.07, 6.45) is 0. The van der Waals surface area contributed by atoms with Crippen molar-refractivity contribution in [2.24, 2.45) is 0 Å². The Morgan fingerprint density at radius 3 is 2.08 bits per heavy atom. The Balaban J connectivity index is 1.85. The topological polar surface area (TPSA) is 93.7 Å². The zero-order chi connectivity index (χ0) is 18.3. The molecule has 0 heterocycles. The van der Waals surface area contributed by atoms with Gasteiger partial charge < -0.3 is 14.8 Å². The van der Waals surface area contributed by atoms with E-state index >= 15 is 0 Å². The predicted octanol–water partition coefficient (Wildman–Crippen LogP) is 2.47. The lowest BCUT2D eigenvalue weighted by Gasteiger charge is -2.09. The minimum atomic E-state index is -3.32. The van der Waals surface area contributed by atoms with Gasteiger partial charge in [-0.3, -0.25) is 9.52 Å². The standard InChI is InChI=1S/C17H20N2O5S/c1-3-25(21,22)19-14-6-4-13(5-7-14)18-17(20)12-24-16-10-8-15(23-2)9-11-16/h4-11,19H,3,12H2,1-2H3,(H,18,20). The van der Waals surface area contributed by atoms with E-state index in [0.717, 1.165) is 0 Å². The van der Waals surface area contributed by atoms with Gasteiger partial charge in [0.15, 0.2) is 6.61 Å². The molecule has 7 nitrogen and oxygen atoms in total. The van der Waals surface area contributed by atoms with Crippen LogP contribution < -0.4 is 19.5 Å². The van der Waals surface area contributed by atoms with E-state index < -0.39 is 10.0 Å². The summed E-state index contributed by atoms with van der Waals surface area (Å²) in [7, 11) is -1.75. The highest BCUT2D eigenvalue weighted by Gasteiger charge is 2.07. The fourth-order valence-electron chi connectivity index (χ4n) is 1.89. The second kappa shape index (κ2) is 8.39. The van der Waals surface area contributed by atoms with Gasteiger partial charge in [0.05, 0.1) is 12.9 Å². The largest absolute Gasteiger partial charge is 0.497 e. The lowest BCUT2D eigenvalue weighted by atomic mass is 10.3. The SMILES string of the molecule is CCS(=O)(=O)Nc1ccc(NC(=O)COc2ccc(OC)cc2)cc1. The molecular weight excluding hydrogens is 344 g/mol. The molecule has 0 bridgehead atoms. The third-order valence-corrected chi connectivity index (χ3v) is 4.56. The quantitative estimate of drug-likeness (QED) is 0.750. The first-order valence-electron chi connectivity index (χ1n) is 7.59. The molecule has 0 radical (unpaired) electrons. The van der Waals surface area contributed by atoms with Crippen molar-refractivity contribution in [3.8, 4) is 11.5 Å². The van der Waals surface area contributed by atoms with Gasteiger partial charge in [-0.1, -0.05) is 0 Å². The highest BCUT2D eigenvalue weighted by molar-refractivity contribution is 7.92. The molecule has 0 fully saturated rings. The van der Waals surface area contributed by atoms with Crippen molar-refractivity contribution in [1.82, 2.24) is 0 Å². The van der Waals surface area contributed by atoms with Crippen molar-refractivity contribution in [3.05, 3.63) is 48.5 Å². The molecule has 0 saturated carbocycles. The number of methoxy groups -OCH3 is 1. The number of sulfonamides is 1. The number of carbonyl (C=O) groups is 1. The summed E-state index contributed by atoms with van der Waals surface area (Å²) in [4.78, 5) is 11.9. The fourth-order valence-corrected chi connectivity index (χ4v) is 2.53. The summed E-state index contributed by atoms with van der Waals surface area (Å²) in [5.41, 5.74) is 0.983. The minimum absolute atomic E-state index is 0.00577. The predicted molar refractivity (Wildman–Crippen MR) is 96.6 cm³/mol. The van der Waals surface area contributed by atoms with E-state index in [0.29, 0.717) is 22.9 Å². The second-order valence-corrected chi connectivity index (χ2v) is 7.11. The molecule has 2 aromatic rings. The van der Waals surface area contributed by atoms with Crippen LogP contribution in [0.3, 0.4) is 0 Å². The first-order valence-corrected chi connectivity index (χ1v) is 9.24. The number of anilines is 2. The van der Waals surface area contributed by atoms with Crippen LogP contribution in [-0.4, -0.2) is 33.8 Å². The Hall–Kier alpha value is -2.74. The van der Waals surface area contributed by atoms with Crippen LogP contribution in [0.1, 0.15) is 6.92 Å². The van der Waals surface area contributed by atoms with E-state index in [9.17, 15) is 13.2 Å². The van der Waals surface area contributed by atoms with Gasteiger partial charge in [0.1, 0.15) is 11.5 Å². The Morgan fingerprint density at radius 2 is 1.52 bits per heavy atom. The van der Waals surface area contributed by atoms with Crippen LogP contribution in [0.5, 0.6) is 11.5 Å². The molecule has 1 amide bonds. The number of benzene rings is 2. The molecule has 0 aliphatic carbocycles. The normalized spacial score (nSPS) is 10.8. The molecular formula is C17H20N2O5S. The third kappa shape index (κ3) is 6.00. The van der Waals surface area contributed by atoms with Gasteiger partial charge in [0.25, 0.3) is 5.91 Å². The van der Waals surface area contributed by atoms with Crippen molar-refractivity contribution in [1.29, 1.82) is 0 Å². The van der Waals surface area contributed by atoms with Gasteiger partial charge >= 0.3 is 0 Å². The van der Waals surface area contributed by atoms with Crippen LogP contribution in [0, 0.1) is 0 Å². The Labute approximate surface area is 147 Å². The van der Waals surface area contributed by atoms with E-state index in [-0.39, 0.29) is 18.3 Å². The molecule has 0 unspecified atom stereocenters. The van der Waals surface area contributed by atoms with E-state index in [2.05, 4.69) is 10.0 Å². The zero-order valence-corrected chi connectivity index (χ0v) is 14.8. The van der Waals surface area contributed by atoms with Gasteiger partial charge in [-0.2, -0.15) is 0 Å². The average molecular weight is 364 g/mol. The highest BCUT2D eigenvalue weighted by atomic mass is 32.2. The van der Waals surface area contributed by atoms with Crippen LogP contribution in [0.2, 0.25) is 0 Å². The summed E-state index contributed by atoms with van der Waals surface area (Å²) < 4.78 is 35.8. The highest BCUT2D eigenvalue weighted by Crippen LogP contribution is 2.17. The maximum Gasteiger partial charge on any atom is 0.262 e. The molecule has 0 aliphatic rings. The molecule has 8 heteroatoms. The summed E-state index contributed by atoms with van der Waals surface area (Å²) in [5.74, 6) is 0.933. The number of rotatable bonds is 8. The molecule has 134 valence electrons. The average Bonchev–Trinajstić information content (AvgIpc) is 2.62. The summed E-state index contributed by atoms with van der Waals surface area (Å²) in [6, 6.07) is 13.3. The van der Waals surface area contributed by atoms with E-state index in [1.807, 2.05) is 0 Å². The molecule has 2 rings (SSSR count). The van der Waals surface area contributed by atoms with Crippen molar-refractivity contribution >= 4 is 27.3 Å². The van der Waals surface area contributed by atoms with Crippen LogP contribution in [0.4, 0.5) is 11.4 Å². The van der Waals surface area contributed by atoms with Crippen LogP contribution in [0.25, 0.3) is 0 Å². The molecule has 0 saturated heterocycles. The lowest BCUT2D eigenvalue weighted by Crippen LogP contribution is -2.20. The molecule has 0 aliphatic heterocycles. The maximum atomic E-state index is 11.9. The number of carbonyl (C=O) groups excluding carboxylic acids is 1. The molecule has 2 aromatic carbocycles. The molecule has 25 heavy (non-hydrogen) atoms. The van der Waals surface area contributed by atoms with Gasteiger partial charge in [0.2, 0.25) is 10.0 Å². The maximum absolute atomic E-state index is 11.9. The Kier molecular flexibility index (Phi) is 6.24. The summed E-state index contributed by atoms with van der Waals surface area (Å²) >= 11 is 0. The molecule has 0 aromatic heterocycles. The number of amides is 1. The van der Waals surface area contributed by atoms with E-state index in [4.69, 9.17) is 9.47 Å². The number of ether oxygens (including phenoxy) is 2. The molecule has 2 N–H and O–H groups in total. The molecule has 0 atom stereocenters. The monoisotopic (exact) mass is 364 g/mol. The van der Waals surface area contributed by atoms with Gasteiger partial charge in [0, 0.05) is 11.4 Å². The number of hydrogen-bond donors (Lipinski definition) is 2. The third-order valence-electron chi connectivity index (χ3n) is 3.25. The van der Waals surface area contributed by atoms with Crippen molar-refractivity contribution in [2.75, 3.05) is 29.5 Å². The first kappa shape index (κ1) is 18.6. The minimum Gasteiger partial charge on any atom is -0.497 e. The second-order valence-electron chi connectivity index (χ2n) is 5.10. The Morgan fingerprint density at radius 1 is 0.960 bits per heavy atom. The lowest BCUT2D eigenvalue weighted by molar-refractivity contribution is -0.118. The van der Waals surface area contributed by atoms with Crippen molar-refractivity contribution in [3.63, 3.8) is 0 Å². The number of nitrogens with one attached hydrogen (secondary N) is 2. The van der Waals surface area contributed by atoms with Gasteiger partial charge in [-0.25, -0.2) is 8.42 Å². The Bertz CT molecular complexity index is 802. The first-order chi connectivity index (χ1) is 11.9. The molecule has 0 spiro atoms. The van der Waals surface area contributed by atoms with Gasteiger partial charge in [-0.05, 0) is 55.5 Å². The van der Waals surface area contributed by atoms with E-state index in [1.165, 1.54) is 0 Å². The van der Waals surface area contributed by atoms with Crippen molar-refractivity contribution < 1.29 is 22.7 Å². The zero-order valence-electron chi connectivity index (χ0n) is 14.0. The number of hydrogen-bond acceptors (Lipinski definition) is 5. The van der Waals surface area contributed by atoms with Gasteiger partial charge in [-0.15, -0.1) is 0 Å². The fraction of sp³-hybridized carbons (Fsp3) is 0.235. The van der Waals surface area contributed by atoms with Crippen molar-refractivity contribution in [2.45, 2.75) is 6.92 Å². The van der Waals surface area contributed by atoms with Crippen LogP contribution >= 0.6 is 0 Å². The van der Waals surface area contributed by atoms with E-state index in [1.54, 1.807) is 62.6 Å². The smallest absolute Gasteiger partial charge is 0.262 e. The van der Waals surface area contributed by atoms with Crippen LogP contribution in [-0.2, 0) is 14.8 Å². The summed E-state index contributed by atoms with van der Waals surface area (Å²) in [6.45, 7) is 1.41. The summed E-state index contributed by atoms with van der Waals surface area (Å²) in [5, 5.41) is 2.67. The van der Waals surface area contributed by atoms with Crippen LogP contribution in [0.15, 0.2) is 48.5 Å².